The van der Waals surface area contributed by atoms with E-state index in [1.165, 1.54) is 12.1 Å². The Morgan fingerprint density at radius 3 is 2.47 bits per heavy atom. The maximum Gasteiger partial charge on any atom is 0.258 e. The number of alkyl halides is 2. The second-order valence-corrected chi connectivity index (χ2v) is 4.62. The molecule has 1 aliphatic carbocycles. The highest BCUT2D eigenvalue weighted by atomic mass is 19.3. The lowest BCUT2D eigenvalue weighted by molar-refractivity contribution is 0.0797. The largest absolute Gasteiger partial charge is 0.370 e. The Labute approximate surface area is 96.0 Å². The fraction of sp³-hybridized carbons (Fsp3) is 0.417. The van der Waals surface area contributed by atoms with Crippen LogP contribution in [0.5, 0.6) is 0 Å². The molecule has 1 aromatic carbocycles. The molecule has 1 heterocycles. The van der Waals surface area contributed by atoms with Gasteiger partial charge in [0.2, 0.25) is 0 Å². The minimum Gasteiger partial charge on any atom is -0.370 e. The zero-order valence-electron chi connectivity index (χ0n) is 8.87. The van der Waals surface area contributed by atoms with Crippen LogP contribution in [0.1, 0.15) is 10.4 Å². The smallest absolute Gasteiger partial charge is 0.258 e. The highest BCUT2D eigenvalue weighted by Crippen LogP contribution is 2.59. The van der Waals surface area contributed by atoms with Crippen LogP contribution in [0.4, 0.5) is 18.9 Å². The Morgan fingerprint density at radius 1 is 1.29 bits per heavy atom. The van der Waals surface area contributed by atoms with Crippen molar-refractivity contribution in [2.45, 2.75) is 5.92 Å². The van der Waals surface area contributed by atoms with Crippen molar-refractivity contribution in [2.24, 2.45) is 11.8 Å². The van der Waals surface area contributed by atoms with Crippen LogP contribution in [-0.4, -0.2) is 25.3 Å². The molecule has 2 fully saturated rings. The molecule has 0 aromatic heterocycles. The number of carbonyl (C=O) groups excluding carboxylic acids is 1. The van der Waals surface area contributed by atoms with Crippen LogP contribution in [0.25, 0.3) is 0 Å². The van der Waals surface area contributed by atoms with Gasteiger partial charge in [-0.05, 0) is 18.2 Å². The number of fused-ring (bicyclic) bond motifs is 1. The third kappa shape index (κ3) is 1.45. The molecular weight excluding hydrogens is 231 g/mol. The van der Waals surface area contributed by atoms with Crippen LogP contribution in [0, 0.1) is 17.7 Å². The Balaban J connectivity index is 1.79. The van der Waals surface area contributed by atoms with E-state index >= 15 is 0 Å². The maximum atomic E-state index is 13.4. The third-order valence-electron chi connectivity index (χ3n) is 3.68. The molecule has 17 heavy (non-hydrogen) atoms. The van der Waals surface area contributed by atoms with Crippen molar-refractivity contribution in [2.75, 3.05) is 18.0 Å². The molecule has 1 aromatic rings. The summed E-state index contributed by atoms with van der Waals surface area (Å²) in [6.07, 6.45) is 0.439. The number of carbonyl (C=O) groups is 1. The van der Waals surface area contributed by atoms with Gasteiger partial charge in [0.25, 0.3) is 5.92 Å². The first kappa shape index (κ1) is 10.6. The summed E-state index contributed by atoms with van der Waals surface area (Å²) in [5.74, 6) is -4.31. The first-order valence-electron chi connectivity index (χ1n) is 5.41. The van der Waals surface area contributed by atoms with E-state index in [0.717, 1.165) is 0 Å². The van der Waals surface area contributed by atoms with Gasteiger partial charge < -0.3 is 4.90 Å². The number of benzene rings is 1. The van der Waals surface area contributed by atoms with Gasteiger partial charge in [-0.2, -0.15) is 0 Å². The lowest BCUT2D eigenvalue weighted by Crippen LogP contribution is -2.27. The zero-order chi connectivity index (χ0) is 12.2. The highest BCUT2D eigenvalue weighted by molar-refractivity contribution is 5.76. The molecule has 0 N–H and O–H groups in total. The van der Waals surface area contributed by atoms with E-state index in [-0.39, 0.29) is 18.7 Å². The minimum atomic E-state index is -2.53. The molecule has 0 spiro atoms. The van der Waals surface area contributed by atoms with Crippen molar-refractivity contribution < 1.29 is 18.0 Å². The van der Waals surface area contributed by atoms with E-state index in [1.807, 2.05) is 0 Å². The first-order chi connectivity index (χ1) is 8.04. The number of piperidine rings is 1. The summed E-state index contributed by atoms with van der Waals surface area (Å²) in [5.41, 5.74) is 0.555. The average Bonchev–Trinajstić information content (AvgIpc) is 2.70. The Morgan fingerprint density at radius 2 is 1.94 bits per heavy atom. The first-order valence-corrected chi connectivity index (χ1v) is 5.41. The summed E-state index contributed by atoms with van der Waals surface area (Å²) in [6.45, 7) is 0.523. The summed E-state index contributed by atoms with van der Waals surface area (Å²) in [6, 6.07) is 4.20. The number of hydrogen-bond acceptors (Lipinski definition) is 2. The highest BCUT2D eigenvalue weighted by Gasteiger charge is 2.71. The summed E-state index contributed by atoms with van der Waals surface area (Å²) in [7, 11) is 0. The molecular formula is C12H10F3NO. The second kappa shape index (κ2) is 3.24. The number of nitrogens with zero attached hydrogens (tertiary/aromatic N) is 1. The molecule has 2 atom stereocenters. The standard InChI is InChI=1S/C12H10F3NO/c13-11-3-8(2-1-7(11)6-17)16-4-9-10(5-16)12(9,14)15/h1-3,6,9-10H,4-5H2. The normalized spacial score (nSPS) is 29.0. The summed E-state index contributed by atoms with van der Waals surface area (Å²) < 4.78 is 39.3. The molecule has 1 aliphatic heterocycles. The minimum absolute atomic E-state index is 0.0107. The van der Waals surface area contributed by atoms with Gasteiger partial charge in [0.05, 0.1) is 17.4 Å². The number of aldehydes is 1. The monoisotopic (exact) mass is 241 g/mol. The van der Waals surface area contributed by atoms with Crippen molar-refractivity contribution in [3.63, 3.8) is 0 Å². The molecule has 0 radical (unpaired) electrons. The van der Waals surface area contributed by atoms with Crippen molar-refractivity contribution in [1.29, 1.82) is 0 Å². The number of halogens is 3. The molecule has 1 saturated carbocycles. The number of hydrogen-bond donors (Lipinski definition) is 0. The van der Waals surface area contributed by atoms with Gasteiger partial charge in [0.1, 0.15) is 5.82 Å². The van der Waals surface area contributed by atoms with Crippen molar-refractivity contribution in [3.05, 3.63) is 29.6 Å². The van der Waals surface area contributed by atoms with Gasteiger partial charge in [-0.3, -0.25) is 4.79 Å². The van der Waals surface area contributed by atoms with Crippen LogP contribution >= 0.6 is 0 Å². The van der Waals surface area contributed by atoms with E-state index in [9.17, 15) is 18.0 Å². The van der Waals surface area contributed by atoms with Crippen LogP contribution < -0.4 is 4.90 Å². The van der Waals surface area contributed by atoms with E-state index < -0.39 is 23.6 Å². The van der Waals surface area contributed by atoms with Crippen LogP contribution in [0.15, 0.2) is 18.2 Å². The zero-order valence-corrected chi connectivity index (χ0v) is 8.87. The Kier molecular flexibility index (Phi) is 2.03. The SMILES string of the molecule is O=Cc1ccc(N2CC3C(C2)C3(F)F)cc1F. The van der Waals surface area contributed by atoms with Gasteiger partial charge in [-0.15, -0.1) is 0 Å². The topological polar surface area (TPSA) is 20.3 Å². The second-order valence-electron chi connectivity index (χ2n) is 4.62. The van der Waals surface area contributed by atoms with Crippen molar-refractivity contribution >= 4 is 12.0 Å². The molecule has 2 aliphatic rings. The fourth-order valence-electron chi connectivity index (χ4n) is 2.53. The van der Waals surface area contributed by atoms with E-state index in [0.29, 0.717) is 12.0 Å². The predicted octanol–water partition coefficient (Wildman–Crippen LogP) is 2.34. The summed E-state index contributed by atoms with van der Waals surface area (Å²) in [5, 5.41) is 0. The molecule has 1 saturated heterocycles. The van der Waals surface area contributed by atoms with Crippen LogP contribution in [-0.2, 0) is 0 Å². The fourth-order valence-corrected chi connectivity index (χ4v) is 2.53. The van der Waals surface area contributed by atoms with Gasteiger partial charge in [0.15, 0.2) is 6.29 Å². The number of rotatable bonds is 2. The predicted molar refractivity (Wildman–Crippen MR) is 55.9 cm³/mol. The van der Waals surface area contributed by atoms with E-state index in [4.69, 9.17) is 0 Å². The van der Waals surface area contributed by atoms with E-state index in [2.05, 4.69) is 0 Å². The van der Waals surface area contributed by atoms with Crippen LogP contribution in [0.2, 0.25) is 0 Å². The molecule has 90 valence electrons. The van der Waals surface area contributed by atoms with Gasteiger partial charge in [-0.1, -0.05) is 0 Å². The summed E-state index contributed by atoms with van der Waals surface area (Å²) >= 11 is 0. The number of anilines is 1. The lowest BCUT2D eigenvalue weighted by atomic mass is 10.2. The Bertz CT molecular complexity index is 475. The van der Waals surface area contributed by atoms with E-state index in [1.54, 1.807) is 11.0 Å². The molecule has 3 rings (SSSR count). The molecule has 2 nitrogen and oxygen atoms in total. The summed E-state index contributed by atoms with van der Waals surface area (Å²) in [4.78, 5) is 12.2. The molecule has 2 unspecified atom stereocenters. The van der Waals surface area contributed by atoms with Gasteiger partial charge >= 0.3 is 0 Å². The van der Waals surface area contributed by atoms with Crippen molar-refractivity contribution in [3.8, 4) is 0 Å². The van der Waals surface area contributed by atoms with Gasteiger partial charge in [-0.25, -0.2) is 13.2 Å². The van der Waals surface area contributed by atoms with Gasteiger partial charge in [0, 0.05) is 18.8 Å². The Hall–Kier alpha value is -1.52. The average molecular weight is 241 g/mol. The quantitative estimate of drug-likeness (QED) is 0.741. The van der Waals surface area contributed by atoms with Crippen molar-refractivity contribution in [1.82, 2.24) is 0 Å². The maximum absolute atomic E-state index is 13.4. The molecule has 0 bridgehead atoms. The third-order valence-corrected chi connectivity index (χ3v) is 3.68. The van der Waals surface area contributed by atoms with Crippen LogP contribution in [0.3, 0.4) is 0 Å². The molecule has 5 heteroatoms. The molecule has 0 amide bonds. The lowest BCUT2D eigenvalue weighted by Gasteiger charge is -2.22.